The zero-order chi connectivity index (χ0) is 27.2. The SMILES string of the molecule is Cc1ccc(Sc2ccc(CN(C)S(=O)(=O)C(CCN3CCCC3)(C(=O)NO)c3ccccc3)cc2)cc1. The topological polar surface area (TPSA) is 90.0 Å². The van der Waals surface area contributed by atoms with Gasteiger partial charge < -0.3 is 4.90 Å². The van der Waals surface area contributed by atoms with Crippen LogP contribution >= 0.6 is 11.8 Å². The standard InChI is InChI=1S/C29H35N3O4S2/c1-23-10-14-26(15-11-23)37-27-16-12-24(13-17-27)22-31(2)38(35,36)29(28(33)30-34,25-8-4-3-5-9-25)18-21-32-19-6-7-20-32/h3-5,8-17,34H,6-7,18-22H2,1-2H3,(H,30,33). The molecule has 3 aromatic rings. The van der Waals surface area contributed by atoms with Crippen LogP contribution in [0.5, 0.6) is 0 Å². The lowest BCUT2D eigenvalue weighted by Gasteiger charge is -2.36. The number of carbonyl (C=O) groups is 1. The summed E-state index contributed by atoms with van der Waals surface area (Å²) >= 11 is 1.64. The summed E-state index contributed by atoms with van der Waals surface area (Å²) in [5, 5.41) is 9.73. The molecule has 38 heavy (non-hydrogen) atoms. The van der Waals surface area contributed by atoms with Crippen molar-refractivity contribution in [1.82, 2.24) is 14.7 Å². The van der Waals surface area contributed by atoms with Crippen molar-refractivity contribution in [3.63, 3.8) is 0 Å². The molecule has 1 unspecified atom stereocenters. The highest BCUT2D eigenvalue weighted by molar-refractivity contribution is 7.99. The molecule has 0 radical (unpaired) electrons. The Morgan fingerprint density at radius 3 is 2.13 bits per heavy atom. The van der Waals surface area contributed by atoms with Gasteiger partial charge >= 0.3 is 0 Å². The predicted molar refractivity (Wildman–Crippen MR) is 150 cm³/mol. The number of hydroxylamine groups is 1. The molecule has 9 heteroatoms. The minimum Gasteiger partial charge on any atom is -0.303 e. The number of likely N-dealkylation sites (tertiary alicyclic amines) is 1. The third kappa shape index (κ3) is 6.13. The Labute approximate surface area is 229 Å². The first-order valence-corrected chi connectivity index (χ1v) is 15.0. The van der Waals surface area contributed by atoms with E-state index in [-0.39, 0.29) is 13.0 Å². The average molecular weight is 554 g/mol. The van der Waals surface area contributed by atoms with E-state index in [9.17, 15) is 18.4 Å². The molecule has 0 aliphatic carbocycles. The van der Waals surface area contributed by atoms with Gasteiger partial charge in [-0.1, -0.05) is 71.9 Å². The fourth-order valence-corrected chi connectivity index (χ4v) is 7.65. The summed E-state index contributed by atoms with van der Waals surface area (Å²) in [5.41, 5.74) is 4.01. The summed E-state index contributed by atoms with van der Waals surface area (Å²) in [5.74, 6) is -0.945. The van der Waals surface area contributed by atoms with Crippen molar-refractivity contribution >= 4 is 27.7 Å². The number of amides is 1. The highest BCUT2D eigenvalue weighted by atomic mass is 32.2. The first-order chi connectivity index (χ1) is 18.3. The summed E-state index contributed by atoms with van der Waals surface area (Å²) in [6.07, 6.45) is 2.13. The van der Waals surface area contributed by atoms with Crippen molar-refractivity contribution in [2.24, 2.45) is 0 Å². The molecule has 4 rings (SSSR count). The van der Waals surface area contributed by atoms with E-state index in [0.29, 0.717) is 12.1 Å². The number of nitrogens with one attached hydrogen (secondary N) is 1. The van der Waals surface area contributed by atoms with Gasteiger partial charge in [0.25, 0.3) is 5.91 Å². The molecule has 0 bridgehead atoms. The van der Waals surface area contributed by atoms with Gasteiger partial charge in [-0.05, 0) is 74.7 Å². The number of hydrogen-bond acceptors (Lipinski definition) is 6. The third-order valence-corrected chi connectivity index (χ3v) is 10.6. The van der Waals surface area contributed by atoms with E-state index in [1.54, 1.807) is 47.6 Å². The van der Waals surface area contributed by atoms with Gasteiger partial charge in [0.1, 0.15) is 0 Å². The van der Waals surface area contributed by atoms with Crippen LogP contribution in [0.3, 0.4) is 0 Å². The Morgan fingerprint density at radius 1 is 0.974 bits per heavy atom. The molecule has 1 amide bonds. The van der Waals surface area contributed by atoms with Crippen LogP contribution in [0.25, 0.3) is 0 Å². The molecular formula is C29H35N3O4S2. The van der Waals surface area contributed by atoms with Crippen LogP contribution in [0, 0.1) is 6.92 Å². The molecule has 0 saturated carbocycles. The van der Waals surface area contributed by atoms with E-state index in [1.165, 1.54) is 16.9 Å². The minimum absolute atomic E-state index is 0.0300. The number of sulfonamides is 1. The first-order valence-electron chi connectivity index (χ1n) is 12.8. The minimum atomic E-state index is -4.25. The van der Waals surface area contributed by atoms with Gasteiger partial charge in [0.05, 0.1) is 0 Å². The number of rotatable bonds is 11. The fourth-order valence-electron chi connectivity index (χ4n) is 4.92. The van der Waals surface area contributed by atoms with Crippen LogP contribution in [0.2, 0.25) is 0 Å². The molecule has 202 valence electrons. The third-order valence-electron chi connectivity index (χ3n) is 7.12. The Hall–Kier alpha value is -2.69. The highest BCUT2D eigenvalue weighted by Gasteiger charge is 2.54. The first kappa shape index (κ1) is 28.3. The van der Waals surface area contributed by atoms with Gasteiger partial charge in [0.2, 0.25) is 10.0 Å². The normalized spacial score (nSPS) is 15.9. The Kier molecular flexibility index (Phi) is 9.27. The Bertz CT molecular complexity index is 1310. The van der Waals surface area contributed by atoms with Gasteiger partial charge in [0.15, 0.2) is 4.75 Å². The van der Waals surface area contributed by atoms with Gasteiger partial charge in [-0.2, -0.15) is 4.31 Å². The zero-order valence-corrected chi connectivity index (χ0v) is 23.5. The number of benzene rings is 3. The van der Waals surface area contributed by atoms with Crippen LogP contribution in [-0.4, -0.2) is 55.4 Å². The monoisotopic (exact) mass is 553 g/mol. The largest absolute Gasteiger partial charge is 0.303 e. The molecule has 7 nitrogen and oxygen atoms in total. The number of hydrogen-bond donors (Lipinski definition) is 2. The molecule has 1 fully saturated rings. The lowest BCUT2D eigenvalue weighted by molar-refractivity contribution is -0.132. The summed E-state index contributed by atoms with van der Waals surface area (Å²) in [6.45, 7) is 4.31. The highest BCUT2D eigenvalue weighted by Crippen LogP contribution is 2.38. The summed E-state index contributed by atoms with van der Waals surface area (Å²) in [6, 6.07) is 24.5. The second-order valence-electron chi connectivity index (χ2n) is 9.75. The summed E-state index contributed by atoms with van der Waals surface area (Å²) in [4.78, 5) is 17.6. The van der Waals surface area contributed by atoms with E-state index in [1.807, 2.05) is 24.3 Å². The molecule has 3 aromatic carbocycles. The lowest BCUT2D eigenvalue weighted by atomic mass is 9.93. The van der Waals surface area contributed by atoms with Gasteiger partial charge in [-0.15, -0.1) is 0 Å². The van der Waals surface area contributed by atoms with Gasteiger partial charge in [-0.3, -0.25) is 10.0 Å². The van der Waals surface area contributed by atoms with E-state index in [4.69, 9.17) is 0 Å². The number of carbonyl (C=O) groups excluding carboxylic acids is 1. The molecule has 1 saturated heterocycles. The van der Waals surface area contributed by atoms with Crippen LogP contribution in [0.1, 0.15) is 36.0 Å². The van der Waals surface area contributed by atoms with Crippen LogP contribution in [0.4, 0.5) is 0 Å². The quantitative estimate of drug-likeness (QED) is 0.262. The smallest absolute Gasteiger partial charge is 0.270 e. The van der Waals surface area contributed by atoms with Gasteiger partial charge in [0, 0.05) is 29.9 Å². The van der Waals surface area contributed by atoms with Crippen LogP contribution in [0.15, 0.2) is 88.7 Å². The summed E-state index contributed by atoms with van der Waals surface area (Å²) in [7, 11) is -2.76. The molecule has 1 aliphatic heterocycles. The molecule has 2 N–H and O–H groups in total. The maximum Gasteiger partial charge on any atom is 0.270 e. The van der Waals surface area contributed by atoms with E-state index >= 15 is 0 Å². The Balaban J connectivity index is 1.59. The van der Waals surface area contributed by atoms with Crippen LogP contribution < -0.4 is 5.48 Å². The molecule has 1 atom stereocenters. The van der Waals surface area contributed by atoms with Crippen molar-refractivity contribution in [1.29, 1.82) is 0 Å². The van der Waals surface area contributed by atoms with Crippen molar-refractivity contribution in [2.75, 3.05) is 26.7 Å². The zero-order valence-electron chi connectivity index (χ0n) is 21.8. The second-order valence-corrected chi connectivity index (χ2v) is 13.2. The van der Waals surface area contributed by atoms with Crippen LogP contribution in [-0.2, 0) is 26.1 Å². The molecular weight excluding hydrogens is 518 g/mol. The molecule has 1 aliphatic rings. The van der Waals surface area contributed by atoms with E-state index < -0.39 is 20.7 Å². The van der Waals surface area contributed by atoms with E-state index in [2.05, 4.69) is 36.1 Å². The molecule has 1 heterocycles. The van der Waals surface area contributed by atoms with Crippen molar-refractivity contribution < 1.29 is 18.4 Å². The maximum atomic E-state index is 14.2. The van der Waals surface area contributed by atoms with Gasteiger partial charge in [-0.25, -0.2) is 13.9 Å². The van der Waals surface area contributed by atoms with Crippen molar-refractivity contribution in [2.45, 2.75) is 47.3 Å². The number of aryl methyl sites for hydroxylation is 1. The number of nitrogens with zero attached hydrogens (tertiary/aromatic N) is 2. The fraction of sp³-hybridized carbons (Fsp3) is 0.345. The lowest BCUT2D eigenvalue weighted by Crippen LogP contribution is -2.55. The Morgan fingerprint density at radius 2 is 1.55 bits per heavy atom. The van der Waals surface area contributed by atoms with Crippen molar-refractivity contribution in [3.8, 4) is 0 Å². The van der Waals surface area contributed by atoms with E-state index in [0.717, 1.165) is 41.3 Å². The molecule has 0 spiro atoms. The molecule has 0 aromatic heterocycles. The second kappa shape index (κ2) is 12.4. The van der Waals surface area contributed by atoms with Crippen molar-refractivity contribution in [3.05, 3.63) is 95.6 Å². The summed E-state index contributed by atoms with van der Waals surface area (Å²) < 4.78 is 27.7. The predicted octanol–water partition coefficient (Wildman–Crippen LogP) is 4.79. The maximum absolute atomic E-state index is 14.2. The average Bonchev–Trinajstić information content (AvgIpc) is 3.45.